The number of nitriles is 1. The lowest BCUT2D eigenvalue weighted by Gasteiger charge is -2.16. The summed E-state index contributed by atoms with van der Waals surface area (Å²) in [6.45, 7) is 0. The minimum Gasteiger partial charge on any atom is -0.595 e. The first-order valence-electron chi connectivity index (χ1n) is 6.24. The van der Waals surface area contributed by atoms with E-state index in [1.165, 1.54) is 13.2 Å². The van der Waals surface area contributed by atoms with Gasteiger partial charge in [0.2, 0.25) is 0 Å². The van der Waals surface area contributed by atoms with Crippen LogP contribution in [0.25, 0.3) is 11.6 Å². The molecular formula is C16H14N2O3. The van der Waals surface area contributed by atoms with E-state index in [1.807, 2.05) is 30.3 Å². The Balaban J connectivity index is 2.56. The summed E-state index contributed by atoms with van der Waals surface area (Å²) < 4.78 is 5.10. The van der Waals surface area contributed by atoms with Gasteiger partial charge < -0.3 is 9.94 Å². The zero-order valence-corrected chi connectivity index (χ0v) is 11.4. The lowest BCUT2D eigenvalue weighted by Crippen LogP contribution is -2.99. The van der Waals surface area contributed by atoms with Crippen LogP contribution in [0.2, 0.25) is 0 Å². The van der Waals surface area contributed by atoms with E-state index in [-0.39, 0.29) is 11.3 Å². The van der Waals surface area contributed by atoms with Crippen LogP contribution in [0.5, 0.6) is 5.75 Å². The number of rotatable bonds is 4. The molecule has 0 spiro atoms. The van der Waals surface area contributed by atoms with E-state index >= 15 is 0 Å². The largest absolute Gasteiger partial charge is 0.595 e. The molecule has 0 heterocycles. The fourth-order valence-corrected chi connectivity index (χ4v) is 1.95. The topological polar surface area (TPSA) is 80.8 Å². The fourth-order valence-electron chi connectivity index (χ4n) is 1.95. The van der Waals surface area contributed by atoms with Crippen LogP contribution >= 0.6 is 0 Å². The lowest BCUT2D eigenvalue weighted by atomic mass is 10.0. The molecule has 21 heavy (non-hydrogen) atoms. The Morgan fingerprint density at radius 3 is 2.57 bits per heavy atom. The molecule has 0 saturated carbocycles. The Kier molecular flexibility index (Phi) is 4.69. The molecule has 0 aromatic heterocycles. The van der Waals surface area contributed by atoms with Crippen molar-refractivity contribution in [3.8, 4) is 11.8 Å². The molecule has 106 valence electrons. The van der Waals surface area contributed by atoms with Crippen LogP contribution in [0, 0.1) is 16.5 Å². The molecule has 1 unspecified atom stereocenters. The van der Waals surface area contributed by atoms with E-state index in [4.69, 9.17) is 4.74 Å². The summed E-state index contributed by atoms with van der Waals surface area (Å²) in [4.78, 5) is 0. The second-order valence-corrected chi connectivity index (χ2v) is 4.30. The number of nitrogens with zero attached hydrogens (tertiary/aromatic N) is 1. The first-order valence-corrected chi connectivity index (χ1v) is 6.24. The van der Waals surface area contributed by atoms with Crippen molar-refractivity contribution < 1.29 is 15.2 Å². The molecule has 0 saturated heterocycles. The van der Waals surface area contributed by atoms with Gasteiger partial charge in [-0.05, 0) is 23.8 Å². The van der Waals surface area contributed by atoms with Crippen molar-refractivity contribution in [2.45, 2.75) is 0 Å². The van der Waals surface area contributed by atoms with E-state index in [2.05, 4.69) is 6.07 Å². The first kappa shape index (κ1) is 14.8. The summed E-state index contributed by atoms with van der Waals surface area (Å²) in [5.41, 5.74) is 1.51. The van der Waals surface area contributed by atoms with E-state index in [0.29, 0.717) is 11.3 Å². The molecule has 0 radical (unpaired) electrons. The molecule has 5 nitrogen and oxygen atoms in total. The Morgan fingerprint density at radius 1 is 1.29 bits per heavy atom. The Hall–Kier alpha value is -2.65. The highest BCUT2D eigenvalue weighted by atomic mass is 16.8. The smallest absolute Gasteiger partial charge is 0.172 e. The standard InChI is InChI=1S/C16H14N2O3/c1-21-14-7-8-16(18(19)20)15(10-14)13(11-17)9-12-5-3-2-4-6-12/h2-10,18-19H,1H3/b13-9+. The molecule has 2 rings (SSSR count). The maximum absolute atomic E-state index is 11.3. The molecule has 0 bridgehead atoms. The van der Waals surface area contributed by atoms with Crippen molar-refractivity contribution in [1.82, 2.24) is 0 Å². The van der Waals surface area contributed by atoms with Crippen molar-refractivity contribution in [2.75, 3.05) is 7.11 Å². The van der Waals surface area contributed by atoms with Gasteiger partial charge in [-0.2, -0.15) is 10.5 Å². The molecule has 0 aliphatic rings. The number of nitrogens with one attached hydrogen (secondary N) is 1. The summed E-state index contributed by atoms with van der Waals surface area (Å²) in [7, 11) is 1.49. The van der Waals surface area contributed by atoms with Gasteiger partial charge in [0.15, 0.2) is 5.69 Å². The maximum atomic E-state index is 11.3. The summed E-state index contributed by atoms with van der Waals surface area (Å²) >= 11 is 0. The number of hydrogen-bond acceptors (Lipinski definition) is 4. The molecule has 0 aliphatic heterocycles. The minimum absolute atomic E-state index is 0.0690. The number of methoxy groups -OCH3 is 1. The number of ether oxygens (including phenoxy) is 1. The Labute approximate surface area is 122 Å². The normalized spacial score (nSPS) is 12.6. The van der Waals surface area contributed by atoms with Gasteiger partial charge in [0, 0.05) is 6.07 Å². The number of allylic oxidation sites excluding steroid dienone is 1. The second-order valence-electron chi connectivity index (χ2n) is 4.30. The lowest BCUT2D eigenvalue weighted by molar-refractivity contribution is -0.991. The first-order chi connectivity index (χ1) is 10.2. The van der Waals surface area contributed by atoms with Gasteiger partial charge in [0.25, 0.3) is 0 Å². The van der Waals surface area contributed by atoms with E-state index in [1.54, 1.807) is 18.2 Å². The third-order valence-corrected chi connectivity index (χ3v) is 2.98. The second kappa shape index (κ2) is 6.68. The monoisotopic (exact) mass is 282 g/mol. The molecule has 0 amide bonds. The third-order valence-electron chi connectivity index (χ3n) is 2.98. The predicted octanol–water partition coefficient (Wildman–Crippen LogP) is 2.16. The van der Waals surface area contributed by atoms with Crippen LogP contribution in [0.15, 0.2) is 48.5 Å². The Morgan fingerprint density at radius 2 is 2.00 bits per heavy atom. The third kappa shape index (κ3) is 3.46. The summed E-state index contributed by atoms with van der Waals surface area (Å²) in [6.07, 6.45) is 1.65. The van der Waals surface area contributed by atoms with Gasteiger partial charge in [-0.3, -0.25) is 0 Å². The van der Waals surface area contributed by atoms with Crippen LogP contribution < -0.4 is 9.96 Å². The number of benzene rings is 2. The van der Waals surface area contributed by atoms with Crippen LogP contribution in [0.4, 0.5) is 5.69 Å². The van der Waals surface area contributed by atoms with Gasteiger partial charge in [-0.1, -0.05) is 30.3 Å². The molecular weight excluding hydrogens is 268 g/mol. The average Bonchev–Trinajstić information content (AvgIpc) is 2.52. The molecule has 5 heteroatoms. The van der Waals surface area contributed by atoms with Crippen LogP contribution in [-0.4, -0.2) is 12.3 Å². The molecule has 0 fully saturated rings. The molecule has 2 aromatic rings. The summed E-state index contributed by atoms with van der Waals surface area (Å²) in [6, 6.07) is 15.9. The molecule has 2 N–H and O–H groups in total. The van der Waals surface area contributed by atoms with Crippen LogP contribution in [0.3, 0.4) is 0 Å². The van der Waals surface area contributed by atoms with Crippen molar-refractivity contribution in [3.05, 3.63) is 64.9 Å². The predicted molar refractivity (Wildman–Crippen MR) is 78.7 cm³/mol. The molecule has 2 aromatic carbocycles. The van der Waals surface area contributed by atoms with E-state index in [0.717, 1.165) is 5.56 Å². The molecule has 1 atom stereocenters. The van der Waals surface area contributed by atoms with Gasteiger partial charge in [0.1, 0.15) is 11.8 Å². The van der Waals surface area contributed by atoms with Crippen molar-refractivity contribution in [2.24, 2.45) is 0 Å². The van der Waals surface area contributed by atoms with Crippen molar-refractivity contribution >= 4 is 17.3 Å². The van der Waals surface area contributed by atoms with Gasteiger partial charge in [-0.25, -0.2) is 5.21 Å². The van der Waals surface area contributed by atoms with E-state index in [9.17, 15) is 15.7 Å². The average molecular weight is 282 g/mol. The number of quaternary nitrogens is 1. The highest BCUT2D eigenvalue weighted by Gasteiger charge is 2.14. The highest BCUT2D eigenvalue weighted by Crippen LogP contribution is 2.27. The quantitative estimate of drug-likeness (QED) is 0.511. The van der Waals surface area contributed by atoms with Gasteiger partial charge in [-0.15, -0.1) is 0 Å². The zero-order valence-electron chi connectivity index (χ0n) is 11.4. The Bertz CT molecular complexity index is 688. The highest BCUT2D eigenvalue weighted by molar-refractivity contribution is 5.92. The van der Waals surface area contributed by atoms with Crippen molar-refractivity contribution in [1.29, 1.82) is 5.26 Å². The summed E-state index contributed by atoms with van der Waals surface area (Å²) in [5, 5.41) is 28.9. The van der Waals surface area contributed by atoms with Crippen molar-refractivity contribution in [3.63, 3.8) is 0 Å². The zero-order chi connectivity index (χ0) is 15.2. The minimum atomic E-state index is -1.08. The maximum Gasteiger partial charge on any atom is 0.172 e. The summed E-state index contributed by atoms with van der Waals surface area (Å²) in [5.74, 6) is 0.504. The fraction of sp³-hybridized carbons (Fsp3) is 0.0625. The van der Waals surface area contributed by atoms with Gasteiger partial charge >= 0.3 is 0 Å². The SMILES string of the molecule is COc1ccc([NH+]([O-])O)c(/C(C#N)=C/c2ccccc2)c1. The van der Waals surface area contributed by atoms with E-state index < -0.39 is 5.23 Å². The number of hydrogen-bond donors (Lipinski definition) is 2. The van der Waals surface area contributed by atoms with Crippen LogP contribution in [-0.2, 0) is 0 Å². The van der Waals surface area contributed by atoms with Gasteiger partial charge in [0.05, 0.1) is 18.2 Å². The molecule has 0 aliphatic carbocycles. The van der Waals surface area contributed by atoms with Crippen LogP contribution in [0.1, 0.15) is 11.1 Å².